The number of benzene rings is 1. The van der Waals surface area contributed by atoms with Crippen LogP contribution in [0.15, 0.2) is 39.8 Å². The average Bonchev–Trinajstić information content (AvgIpc) is 3.12. The number of hydrogen-bond donors (Lipinski definition) is 2. The molecule has 22 heavy (non-hydrogen) atoms. The van der Waals surface area contributed by atoms with E-state index in [1.807, 2.05) is 0 Å². The smallest absolute Gasteiger partial charge is 0.287 e. The lowest BCUT2D eigenvalue weighted by Gasteiger charge is -2.04. The van der Waals surface area contributed by atoms with E-state index >= 15 is 0 Å². The van der Waals surface area contributed by atoms with Gasteiger partial charge in [-0.05, 0) is 29.8 Å². The Bertz CT molecular complexity index is 827. The third-order valence-electron chi connectivity index (χ3n) is 2.98. The summed E-state index contributed by atoms with van der Waals surface area (Å²) < 4.78 is 37.5. The fourth-order valence-electron chi connectivity index (χ4n) is 1.92. The summed E-state index contributed by atoms with van der Waals surface area (Å²) in [6.07, 6.45) is 0. The third kappa shape index (κ3) is 2.90. The number of rotatable bonds is 4. The van der Waals surface area contributed by atoms with Crippen LogP contribution >= 0.6 is 0 Å². The van der Waals surface area contributed by atoms with Crippen LogP contribution in [0.5, 0.6) is 11.5 Å². The summed E-state index contributed by atoms with van der Waals surface area (Å²) in [5.74, 6) is 0.581. The van der Waals surface area contributed by atoms with E-state index < -0.39 is 21.0 Å². The number of fused-ring (bicyclic) bond motifs is 1. The highest BCUT2D eigenvalue weighted by molar-refractivity contribution is 7.89. The first-order valence-corrected chi connectivity index (χ1v) is 7.77. The summed E-state index contributed by atoms with van der Waals surface area (Å²) >= 11 is 0. The molecule has 0 saturated carbocycles. The number of nitrogens with two attached hydrogens (primary N) is 1. The van der Waals surface area contributed by atoms with Crippen LogP contribution in [0.1, 0.15) is 16.1 Å². The predicted molar refractivity (Wildman–Crippen MR) is 73.8 cm³/mol. The molecule has 0 saturated heterocycles. The fourth-order valence-corrected chi connectivity index (χ4v) is 2.38. The molecule has 0 radical (unpaired) electrons. The van der Waals surface area contributed by atoms with E-state index in [0.717, 1.165) is 11.6 Å². The van der Waals surface area contributed by atoms with Gasteiger partial charge in [0.25, 0.3) is 15.9 Å². The van der Waals surface area contributed by atoms with E-state index in [9.17, 15) is 13.2 Å². The first kappa shape index (κ1) is 14.4. The maximum atomic E-state index is 11.9. The summed E-state index contributed by atoms with van der Waals surface area (Å²) in [5, 5.41) is 7.06. The van der Waals surface area contributed by atoms with Gasteiger partial charge >= 0.3 is 0 Å². The van der Waals surface area contributed by atoms with Crippen LogP contribution in [0, 0.1) is 0 Å². The van der Waals surface area contributed by atoms with Gasteiger partial charge in [-0.1, -0.05) is 6.07 Å². The van der Waals surface area contributed by atoms with Crippen molar-refractivity contribution in [3.05, 3.63) is 41.7 Å². The normalized spacial score (nSPS) is 13.1. The zero-order valence-corrected chi connectivity index (χ0v) is 12.1. The highest BCUT2D eigenvalue weighted by Gasteiger charge is 2.18. The maximum absolute atomic E-state index is 11.9. The molecule has 0 bridgehead atoms. The molecule has 1 amide bonds. The molecule has 0 aliphatic carbocycles. The van der Waals surface area contributed by atoms with Gasteiger partial charge in [-0.25, -0.2) is 13.6 Å². The second-order valence-corrected chi connectivity index (χ2v) is 6.03. The molecule has 0 spiro atoms. The van der Waals surface area contributed by atoms with Crippen LogP contribution in [-0.4, -0.2) is 21.1 Å². The molecular formula is C13H12N2O6S. The molecule has 2 aromatic rings. The molecule has 1 aliphatic heterocycles. The van der Waals surface area contributed by atoms with Crippen LogP contribution in [0.3, 0.4) is 0 Å². The first-order chi connectivity index (χ1) is 10.4. The van der Waals surface area contributed by atoms with E-state index in [4.69, 9.17) is 19.0 Å². The number of sulfonamides is 1. The lowest BCUT2D eigenvalue weighted by Crippen LogP contribution is -2.22. The molecule has 3 N–H and O–H groups in total. The SMILES string of the molecule is NS(=O)(=O)c1ccc(C(=O)NCc2ccc3c(c2)OCO3)o1. The Morgan fingerprint density at radius 2 is 1.95 bits per heavy atom. The zero-order chi connectivity index (χ0) is 15.7. The maximum Gasteiger partial charge on any atom is 0.287 e. The summed E-state index contributed by atoms with van der Waals surface area (Å²) in [4.78, 5) is 11.9. The second kappa shape index (κ2) is 5.35. The van der Waals surface area contributed by atoms with Crippen molar-refractivity contribution in [2.24, 2.45) is 5.14 Å². The van der Waals surface area contributed by atoms with Crippen LogP contribution in [0.25, 0.3) is 0 Å². The van der Waals surface area contributed by atoms with Crippen molar-refractivity contribution < 1.29 is 27.1 Å². The minimum atomic E-state index is -3.97. The standard InChI is InChI=1S/C13H12N2O6S/c14-22(17,18)12-4-3-10(21-12)13(16)15-6-8-1-2-9-11(5-8)20-7-19-9/h1-5H,6-7H2,(H,15,16)(H2,14,17,18). The van der Waals surface area contributed by atoms with Crippen LogP contribution in [-0.2, 0) is 16.6 Å². The molecule has 1 aliphatic rings. The summed E-state index contributed by atoms with van der Waals surface area (Å²) in [5.41, 5.74) is 0.802. The lowest BCUT2D eigenvalue weighted by atomic mass is 10.2. The number of hydrogen-bond acceptors (Lipinski definition) is 6. The van der Waals surface area contributed by atoms with E-state index in [1.54, 1.807) is 18.2 Å². The van der Waals surface area contributed by atoms with E-state index in [-0.39, 0.29) is 19.1 Å². The topological polar surface area (TPSA) is 121 Å². The Morgan fingerprint density at radius 1 is 1.18 bits per heavy atom. The average molecular weight is 324 g/mol. The minimum Gasteiger partial charge on any atom is -0.454 e. The Hall–Kier alpha value is -2.52. The quantitative estimate of drug-likeness (QED) is 0.849. The van der Waals surface area contributed by atoms with Gasteiger partial charge in [0, 0.05) is 6.54 Å². The Balaban J connectivity index is 1.66. The number of ether oxygens (including phenoxy) is 2. The molecule has 116 valence electrons. The fraction of sp³-hybridized carbons (Fsp3) is 0.154. The number of nitrogens with one attached hydrogen (secondary N) is 1. The second-order valence-electron chi connectivity index (χ2n) is 4.53. The van der Waals surface area contributed by atoms with Gasteiger partial charge in [-0.3, -0.25) is 4.79 Å². The van der Waals surface area contributed by atoms with Crippen LogP contribution < -0.4 is 19.9 Å². The molecule has 1 aromatic carbocycles. The number of carbonyl (C=O) groups is 1. The van der Waals surface area contributed by atoms with Gasteiger partial charge in [0.15, 0.2) is 17.3 Å². The van der Waals surface area contributed by atoms with Crippen molar-refractivity contribution in [1.29, 1.82) is 0 Å². The Labute approximate surface area is 125 Å². The molecule has 0 atom stereocenters. The van der Waals surface area contributed by atoms with Gasteiger partial charge in [-0.15, -0.1) is 0 Å². The highest BCUT2D eigenvalue weighted by atomic mass is 32.2. The zero-order valence-electron chi connectivity index (χ0n) is 11.2. The molecule has 0 unspecified atom stereocenters. The van der Waals surface area contributed by atoms with Crippen molar-refractivity contribution in [3.63, 3.8) is 0 Å². The van der Waals surface area contributed by atoms with Gasteiger partial charge < -0.3 is 19.2 Å². The van der Waals surface area contributed by atoms with Crippen molar-refractivity contribution in [1.82, 2.24) is 5.32 Å². The van der Waals surface area contributed by atoms with E-state index in [1.165, 1.54) is 6.07 Å². The minimum absolute atomic E-state index is 0.134. The Morgan fingerprint density at radius 3 is 2.68 bits per heavy atom. The first-order valence-electron chi connectivity index (χ1n) is 6.23. The van der Waals surface area contributed by atoms with Gasteiger partial charge in [-0.2, -0.15) is 0 Å². The number of amides is 1. The van der Waals surface area contributed by atoms with Gasteiger partial charge in [0.2, 0.25) is 11.9 Å². The summed E-state index contributed by atoms with van der Waals surface area (Å²) in [6, 6.07) is 7.65. The van der Waals surface area contributed by atoms with Crippen molar-refractivity contribution in [2.75, 3.05) is 6.79 Å². The third-order valence-corrected chi connectivity index (χ3v) is 3.76. The molecular weight excluding hydrogens is 312 g/mol. The highest BCUT2D eigenvalue weighted by Crippen LogP contribution is 2.32. The Kier molecular flexibility index (Phi) is 3.51. The van der Waals surface area contributed by atoms with E-state index in [0.29, 0.717) is 11.5 Å². The largest absolute Gasteiger partial charge is 0.454 e. The molecule has 1 aromatic heterocycles. The van der Waals surface area contributed by atoms with Gasteiger partial charge in [0.05, 0.1) is 0 Å². The molecule has 0 fully saturated rings. The molecule has 8 nitrogen and oxygen atoms in total. The van der Waals surface area contributed by atoms with Crippen molar-refractivity contribution in [2.45, 2.75) is 11.6 Å². The monoisotopic (exact) mass is 324 g/mol. The van der Waals surface area contributed by atoms with Crippen LogP contribution in [0.2, 0.25) is 0 Å². The molecule has 3 rings (SSSR count). The van der Waals surface area contributed by atoms with Crippen LogP contribution in [0.4, 0.5) is 0 Å². The molecule has 9 heteroatoms. The number of carbonyl (C=O) groups excluding carboxylic acids is 1. The summed E-state index contributed by atoms with van der Waals surface area (Å²) in [7, 11) is -3.97. The van der Waals surface area contributed by atoms with Crippen molar-refractivity contribution in [3.8, 4) is 11.5 Å². The van der Waals surface area contributed by atoms with Gasteiger partial charge in [0.1, 0.15) is 0 Å². The number of primary sulfonamides is 1. The van der Waals surface area contributed by atoms with Crippen molar-refractivity contribution >= 4 is 15.9 Å². The summed E-state index contributed by atoms with van der Waals surface area (Å²) in [6.45, 7) is 0.398. The lowest BCUT2D eigenvalue weighted by molar-refractivity contribution is 0.0917. The number of furan rings is 1. The molecule has 2 heterocycles. The van der Waals surface area contributed by atoms with E-state index in [2.05, 4.69) is 5.32 Å². The predicted octanol–water partition coefficient (Wildman–Crippen LogP) is 0.586.